The van der Waals surface area contributed by atoms with E-state index in [-0.39, 0.29) is 12.5 Å². The van der Waals surface area contributed by atoms with E-state index in [1.54, 1.807) is 17.3 Å². The maximum atomic E-state index is 13.2. The average molecular weight is 434 g/mol. The molecule has 7 heteroatoms. The van der Waals surface area contributed by atoms with Crippen molar-refractivity contribution < 1.29 is 14.3 Å². The molecule has 0 atom stereocenters. The van der Waals surface area contributed by atoms with Gasteiger partial charge in [0.05, 0.1) is 23.4 Å². The van der Waals surface area contributed by atoms with Gasteiger partial charge in [-0.1, -0.05) is 35.1 Å². The molecular formula is C24H23N3O3S. The second-order valence-corrected chi connectivity index (χ2v) is 8.01. The number of carbonyl (C=O) groups is 1. The van der Waals surface area contributed by atoms with Gasteiger partial charge in [-0.25, -0.2) is 4.98 Å². The number of thiazole rings is 1. The van der Waals surface area contributed by atoms with Crippen LogP contribution in [0.5, 0.6) is 11.5 Å². The van der Waals surface area contributed by atoms with Crippen molar-refractivity contribution in [2.24, 2.45) is 0 Å². The molecule has 1 amide bonds. The maximum absolute atomic E-state index is 13.2. The molecule has 6 nitrogen and oxygen atoms in total. The number of anilines is 1. The summed E-state index contributed by atoms with van der Waals surface area (Å²) in [5, 5.41) is 0.616. The average Bonchev–Trinajstić information content (AvgIpc) is 3.21. The number of benzene rings is 2. The van der Waals surface area contributed by atoms with Gasteiger partial charge in [0.2, 0.25) is 0 Å². The predicted octanol–water partition coefficient (Wildman–Crippen LogP) is 5.01. The molecule has 0 fully saturated rings. The molecule has 0 saturated heterocycles. The van der Waals surface area contributed by atoms with Crippen LogP contribution in [0.15, 0.2) is 67.0 Å². The van der Waals surface area contributed by atoms with Crippen LogP contribution >= 0.6 is 11.3 Å². The van der Waals surface area contributed by atoms with E-state index in [4.69, 9.17) is 14.5 Å². The highest BCUT2D eigenvalue weighted by molar-refractivity contribution is 7.22. The largest absolute Gasteiger partial charge is 0.494 e. The SMILES string of the molecule is CCOc1ccc2nc(N(Cc3cccnc3)C(=O)COc3ccc(C)cc3)sc2c1. The standard InChI is InChI=1S/C24H23N3O3S/c1-3-29-20-10-11-21-22(13-20)31-24(26-21)27(15-18-5-4-12-25-14-18)23(28)16-30-19-8-6-17(2)7-9-19/h4-14H,3,15-16H2,1-2H3. The minimum atomic E-state index is -0.173. The van der Waals surface area contributed by atoms with Crippen molar-refractivity contribution >= 4 is 32.6 Å². The quantitative estimate of drug-likeness (QED) is 0.391. The van der Waals surface area contributed by atoms with E-state index in [1.165, 1.54) is 11.3 Å². The van der Waals surface area contributed by atoms with Crippen molar-refractivity contribution in [1.82, 2.24) is 9.97 Å². The van der Waals surface area contributed by atoms with Gasteiger partial charge in [0.15, 0.2) is 11.7 Å². The van der Waals surface area contributed by atoms with Crippen molar-refractivity contribution in [3.63, 3.8) is 0 Å². The summed E-state index contributed by atoms with van der Waals surface area (Å²) >= 11 is 1.45. The number of hydrogen-bond acceptors (Lipinski definition) is 6. The second-order valence-electron chi connectivity index (χ2n) is 7.00. The first-order chi connectivity index (χ1) is 15.1. The lowest BCUT2D eigenvalue weighted by Gasteiger charge is -2.20. The molecule has 0 aliphatic rings. The van der Waals surface area contributed by atoms with Crippen LogP contribution in [0.2, 0.25) is 0 Å². The number of nitrogens with zero attached hydrogens (tertiary/aromatic N) is 3. The van der Waals surface area contributed by atoms with Gasteiger partial charge in [0, 0.05) is 12.4 Å². The molecule has 158 valence electrons. The molecule has 0 spiro atoms. The van der Waals surface area contributed by atoms with Crippen molar-refractivity contribution in [3.8, 4) is 11.5 Å². The Balaban J connectivity index is 1.59. The minimum Gasteiger partial charge on any atom is -0.494 e. The van der Waals surface area contributed by atoms with E-state index in [9.17, 15) is 4.79 Å². The lowest BCUT2D eigenvalue weighted by Crippen LogP contribution is -2.34. The Morgan fingerprint density at radius 2 is 1.87 bits per heavy atom. The highest BCUT2D eigenvalue weighted by Gasteiger charge is 2.21. The normalized spacial score (nSPS) is 10.8. The number of aromatic nitrogens is 2. The van der Waals surface area contributed by atoms with Crippen LogP contribution in [0, 0.1) is 6.92 Å². The molecular weight excluding hydrogens is 410 g/mol. The van der Waals surface area contributed by atoms with Gasteiger partial charge in [0.25, 0.3) is 5.91 Å². The third-order valence-electron chi connectivity index (χ3n) is 4.64. The number of carbonyl (C=O) groups excluding carboxylic acids is 1. The molecule has 0 aliphatic carbocycles. The lowest BCUT2D eigenvalue weighted by molar-refractivity contribution is -0.120. The predicted molar refractivity (Wildman–Crippen MR) is 123 cm³/mol. The molecule has 0 aliphatic heterocycles. The van der Waals surface area contributed by atoms with Gasteiger partial charge in [-0.3, -0.25) is 14.7 Å². The summed E-state index contributed by atoms with van der Waals surface area (Å²) in [7, 11) is 0. The zero-order valence-electron chi connectivity index (χ0n) is 17.4. The number of aryl methyl sites for hydroxylation is 1. The van der Waals surface area contributed by atoms with Crippen molar-refractivity contribution in [3.05, 3.63) is 78.1 Å². The Kier molecular flexibility index (Phi) is 6.43. The Morgan fingerprint density at radius 3 is 2.61 bits per heavy atom. The van der Waals surface area contributed by atoms with Crippen LogP contribution < -0.4 is 14.4 Å². The molecule has 0 N–H and O–H groups in total. The minimum absolute atomic E-state index is 0.0799. The summed E-state index contributed by atoms with van der Waals surface area (Å²) in [6.45, 7) is 4.84. The summed E-state index contributed by atoms with van der Waals surface area (Å²) in [5.74, 6) is 1.28. The van der Waals surface area contributed by atoms with Crippen LogP contribution in [-0.4, -0.2) is 29.1 Å². The first-order valence-corrected chi connectivity index (χ1v) is 10.9. The number of hydrogen-bond donors (Lipinski definition) is 0. The third kappa shape index (κ3) is 5.19. The highest BCUT2D eigenvalue weighted by atomic mass is 32.1. The first-order valence-electron chi connectivity index (χ1n) is 10.0. The topological polar surface area (TPSA) is 64.5 Å². The summed E-state index contributed by atoms with van der Waals surface area (Å²) in [4.78, 5) is 23.7. The van der Waals surface area contributed by atoms with Crippen molar-refractivity contribution in [1.29, 1.82) is 0 Å². The van der Waals surface area contributed by atoms with Crippen LogP contribution in [0.1, 0.15) is 18.1 Å². The van der Waals surface area contributed by atoms with Crippen LogP contribution in [0.3, 0.4) is 0 Å². The van der Waals surface area contributed by atoms with Gasteiger partial charge in [0.1, 0.15) is 11.5 Å². The van der Waals surface area contributed by atoms with Gasteiger partial charge in [-0.05, 0) is 55.8 Å². The smallest absolute Gasteiger partial charge is 0.267 e. The monoisotopic (exact) mass is 433 g/mol. The fourth-order valence-electron chi connectivity index (χ4n) is 3.06. The number of amides is 1. The summed E-state index contributed by atoms with van der Waals surface area (Å²) < 4.78 is 12.3. The zero-order chi connectivity index (χ0) is 21.6. The number of pyridine rings is 1. The van der Waals surface area contributed by atoms with Crippen LogP contribution in [0.4, 0.5) is 5.13 Å². The number of rotatable bonds is 8. The molecule has 0 saturated carbocycles. The Labute approximate surface area is 185 Å². The molecule has 2 aromatic carbocycles. The maximum Gasteiger partial charge on any atom is 0.267 e. The lowest BCUT2D eigenvalue weighted by atomic mass is 10.2. The molecule has 2 heterocycles. The Hall–Kier alpha value is -3.45. The van der Waals surface area contributed by atoms with Crippen LogP contribution in [-0.2, 0) is 11.3 Å². The fraction of sp³-hybridized carbons (Fsp3) is 0.208. The van der Waals surface area contributed by atoms with E-state index in [1.807, 2.05) is 68.4 Å². The van der Waals surface area contributed by atoms with E-state index in [2.05, 4.69) is 4.98 Å². The van der Waals surface area contributed by atoms with E-state index in [0.29, 0.717) is 24.0 Å². The fourth-order valence-corrected chi connectivity index (χ4v) is 4.07. The van der Waals surface area contributed by atoms with Gasteiger partial charge in [-0.2, -0.15) is 0 Å². The Morgan fingerprint density at radius 1 is 1.06 bits per heavy atom. The molecule has 4 rings (SSSR count). The van der Waals surface area contributed by atoms with E-state index >= 15 is 0 Å². The van der Waals surface area contributed by atoms with E-state index in [0.717, 1.165) is 27.1 Å². The van der Waals surface area contributed by atoms with Gasteiger partial charge in [-0.15, -0.1) is 0 Å². The van der Waals surface area contributed by atoms with Gasteiger partial charge < -0.3 is 9.47 Å². The van der Waals surface area contributed by atoms with Gasteiger partial charge >= 0.3 is 0 Å². The first kappa shape index (κ1) is 20.8. The molecule has 31 heavy (non-hydrogen) atoms. The molecule has 0 radical (unpaired) electrons. The molecule has 4 aromatic rings. The summed E-state index contributed by atoms with van der Waals surface area (Å²) in [6.07, 6.45) is 3.46. The molecule has 0 bridgehead atoms. The van der Waals surface area contributed by atoms with Crippen LogP contribution in [0.25, 0.3) is 10.2 Å². The molecule has 0 unspecified atom stereocenters. The molecule has 2 aromatic heterocycles. The highest BCUT2D eigenvalue weighted by Crippen LogP contribution is 2.32. The zero-order valence-corrected chi connectivity index (χ0v) is 18.3. The number of fused-ring (bicyclic) bond motifs is 1. The second kappa shape index (κ2) is 9.57. The van der Waals surface area contributed by atoms with E-state index < -0.39 is 0 Å². The third-order valence-corrected chi connectivity index (χ3v) is 5.68. The van der Waals surface area contributed by atoms with Crippen molar-refractivity contribution in [2.75, 3.05) is 18.1 Å². The Bertz CT molecular complexity index is 1160. The summed E-state index contributed by atoms with van der Waals surface area (Å²) in [6, 6.07) is 17.2. The summed E-state index contributed by atoms with van der Waals surface area (Å²) in [5.41, 5.74) is 2.88. The van der Waals surface area contributed by atoms with Crippen molar-refractivity contribution in [2.45, 2.75) is 20.4 Å². The number of ether oxygens (including phenoxy) is 2.